The molecule has 0 unspecified atom stereocenters. The summed E-state index contributed by atoms with van der Waals surface area (Å²) in [6.07, 6.45) is 1.71. The Morgan fingerprint density at radius 2 is 1.82 bits per heavy atom. The average molecular weight is 246 g/mol. The number of rotatable bonds is 2. The molecule has 4 heteroatoms. The van der Waals surface area contributed by atoms with Gasteiger partial charge in [-0.1, -0.05) is 23.7 Å². The Kier molecular flexibility index (Phi) is 3.49. The summed E-state index contributed by atoms with van der Waals surface area (Å²) < 4.78 is 0. The first-order valence-electron chi connectivity index (χ1n) is 5.25. The van der Waals surface area contributed by atoms with E-state index >= 15 is 0 Å². The Labute approximate surface area is 105 Å². The predicted molar refractivity (Wildman–Crippen MR) is 70.2 cm³/mol. The highest BCUT2D eigenvalue weighted by atomic mass is 35.5. The van der Waals surface area contributed by atoms with E-state index in [-0.39, 0.29) is 0 Å². The first kappa shape index (κ1) is 11.7. The van der Waals surface area contributed by atoms with Crippen molar-refractivity contribution in [2.45, 2.75) is 13.8 Å². The second kappa shape index (κ2) is 5.06. The smallest absolute Gasteiger partial charge is 0.219 e. The first-order chi connectivity index (χ1) is 8.13. The highest BCUT2D eigenvalue weighted by molar-refractivity contribution is 6.30. The summed E-state index contributed by atoms with van der Waals surface area (Å²) in [6, 6.07) is 9.39. The maximum Gasteiger partial charge on any atom is 0.249 e. The third kappa shape index (κ3) is 3.36. The minimum absolute atomic E-state index is 0.475. The van der Waals surface area contributed by atoms with E-state index in [0.717, 1.165) is 17.0 Å². The quantitative estimate of drug-likeness (QED) is 0.760. The van der Waals surface area contributed by atoms with Crippen molar-refractivity contribution in [3.63, 3.8) is 0 Å². The first-order valence-corrected chi connectivity index (χ1v) is 5.63. The number of nitrogens with zero attached hydrogens (tertiary/aromatic N) is 3. The monoisotopic (exact) mass is 245 g/mol. The Morgan fingerprint density at radius 3 is 2.47 bits per heavy atom. The Hall–Kier alpha value is -1.74. The SMILES string of the molecule is Cc1cc(C)nc(/N=C/c2cccc(Cl)c2)n1. The Morgan fingerprint density at radius 1 is 1.12 bits per heavy atom. The van der Waals surface area contributed by atoms with E-state index in [0.29, 0.717) is 11.0 Å². The van der Waals surface area contributed by atoms with Gasteiger partial charge in [0, 0.05) is 22.6 Å². The highest BCUT2D eigenvalue weighted by Gasteiger charge is 1.96. The van der Waals surface area contributed by atoms with E-state index in [2.05, 4.69) is 15.0 Å². The molecule has 0 fully saturated rings. The molecule has 0 N–H and O–H groups in total. The molecule has 0 saturated carbocycles. The summed E-state index contributed by atoms with van der Waals surface area (Å²) in [5.74, 6) is 0.475. The third-order valence-electron chi connectivity index (χ3n) is 2.15. The number of aryl methyl sites for hydroxylation is 2. The summed E-state index contributed by atoms with van der Waals surface area (Å²) in [5.41, 5.74) is 2.76. The van der Waals surface area contributed by atoms with E-state index in [1.807, 2.05) is 44.2 Å². The van der Waals surface area contributed by atoms with E-state index in [1.165, 1.54) is 0 Å². The molecule has 2 aromatic rings. The molecule has 0 spiro atoms. The number of benzene rings is 1. The van der Waals surface area contributed by atoms with Crippen molar-refractivity contribution < 1.29 is 0 Å². The highest BCUT2D eigenvalue weighted by Crippen LogP contribution is 2.11. The van der Waals surface area contributed by atoms with Crippen molar-refractivity contribution in [3.05, 3.63) is 52.3 Å². The summed E-state index contributed by atoms with van der Waals surface area (Å²) in [7, 11) is 0. The molecule has 1 heterocycles. The van der Waals surface area contributed by atoms with Gasteiger partial charge in [-0.2, -0.15) is 0 Å². The van der Waals surface area contributed by atoms with E-state index in [9.17, 15) is 0 Å². The molecule has 0 aliphatic heterocycles. The van der Waals surface area contributed by atoms with Gasteiger partial charge in [-0.25, -0.2) is 15.0 Å². The van der Waals surface area contributed by atoms with Crippen LogP contribution in [0.2, 0.25) is 5.02 Å². The molecule has 86 valence electrons. The van der Waals surface area contributed by atoms with Crippen LogP contribution in [0.15, 0.2) is 35.3 Å². The summed E-state index contributed by atoms with van der Waals surface area (Å²) >= 11 is 5.88. The van der Waals surface area contributed by atoms with Crippen LogP contribution in [0.4, 0.5) is 5.95 Å². The Bertz CT molecular complexity index is 544. The molecular weight excluding hydrogens is 234 g/mol. The number of hydrogen-bond donors (Lipinski definition) is 0. The van der Waals surface area contributed by atoms with Crippen LogP contribution < -0.4 is 0 Å². The van der Waals surface area contributed by atoms with E-state index < -0.39 is 0 Å². The standard InChI is InChI=1S/C13H12ClN3/c1-9-6-10(2)17-13(16-9)15-8-11-4-3-5-12(14)7-11/h3-8H,1-2H3/b15-8+. The van der Waals surface area contributed by atoms with Crippen molar-refractivity contribution in [1.29, 1.82) is 0 Å². The van der Waals surface area contributed by atoms with Gasteiger partial charge in [0.2, 0.25) is 5.95 Å². The van der Waals surface area contributed by atoms with Crippen LogP contribution >= 0.6 is 11.6 Å². The zero-order valence-corrected chi connectivity index (χ0v) is 10.4. The lowest BCUT2D eigenvalue weighted by Crippen LogP contribution is -1.89. The fourth-order valence-corrected chi connectivity index (χ4v) is 1.68. The van der Waals surface area contributed by atoms with Crippen LogP contribution in [0, 0.1) is 13.8 Å². The van der Waals surface area contributed by atoms with Gasteiger partial charge in [0.1, 0.15) is 0 Å². The molecule has 0 amide bonds. The van der Waals surface area contributed by atoms with Gasteiger partial charge in [0.05, 0.1) is 0 Å². The topological polar surface area (TPSA) is 38.1 Å². The molecule has 0 aliphatic rings. The van der Waals surface area contributed by atoms with Crippen molar-refractivity contribution in [2.24, 2.45) is 4.99 Å². The second-order valence-corrected chi connectivity index (χ2v) is 4.20. The fraction of sp³-hybridized carbons (Fsp3) is 0.154. The summed E-state index contributed by atoms with van der Waals surface area (Å²) in [4.78, 5) is 12.7. The molecule has 1 aromatic carbocycles. The molecule has 0 atom stereocenters. The van der Waals surface area contributed by atoms with Gasteiger partial charge >= 0.3 is 0 Å². The number of hydrogen-bond acceptors (Lipinski definition) is 3. The molecule has 3 nitrogen and oxygen atoms in total. The molecule has 2 rings (SSSR count). The molecule has 0 aliphatic carbocycles. The predicted octanol–water partition coefficient (Wildman–Crippen LogP) is 3.50. The lowest BCUT2D eigenvalue weighted by atomic mass is 10.2. The van der Waals surface area contributed by atoms with Crippen molar-refractivity contribution in [1.82, 2.24) is 9.97 Å². The molecule has 17 heavy (non-hydrogen) atoms. The van der Waals surface area contributed by atoms with Gasteiger partial charge in [-0.15, -0.1) is 0 Å². The minimum Gasteiger partial charge on any atom is -0.219 e. The lowest BCUT2D eigenvalue weighted by Gasteiger charge is -1.98. The average Bonchev–Trinajstić information content (AvgIpc) is 2.25. The van der Waals surface area contributed by atoms with Gasteiger partial charge in [-0.05, 0) is 37.6 Å². The van der Waals surface area contributed by atoms with Gasteiger partial charge in [-0.3, -0.25) is 0 Å². The van der Waals surface area contributed by atoms with Crippen LogP contribution in [-0.2, 0) is 0 Å². The number of aromatic nitrogens is 2. The second-order valence-electron chi connectivity index (χ2n) is 3.76. The van der Waals surface area contributed by atoms with Crippen molar-refractivity contribution >= 4 is 23.8 Å². The van der Waals surface area contributed by atoms with E-state index in [1.54, 1.807) is 6.21 Å². The third-order valence-corrected chi connectivity index (χ3v) is 2.38. The summed E-state index contributed by atoms with van der Waals surface area (Å²) in [6.45, 7) is 3.85. The van der Waals surface area contributed by atoms with Crippen LogP contribution in [0.5, 0.6) is 0 Å². The zero-order chi connectivity index (χ0) is 12.3. The van der Waals surface area contributed by atoms with Gasteiger partial charge < -0.3 is 0 Å². The van der Waals surface area contributed by atoms with E-state index in [4.69, 9.17) is 11.6 Å². The number of halogens is 1. The maximum absolute atomic E-state index is 5.88. The largest absolute Gasteiger partial charge is 0.249 e. The maximum atomic E-state index is 5.88. The van der Waals surface area contributed by atoms with Crippen molar-refractivity contribution in [3.8, 4) is 0 Å². The van der Waals surface area contributed by atoms with Crippen LogP contribution in [0.1, 0.15) is 17.0 Å². The molecule has 1 aromatic heterocycles. The normalized spacial score (nSPS) is 11.0. The van der Waals surface area contributed by atoms with Gasteiger partial charge in [0.25, 0.3) is 0 Å². The molecule has 0 saturated heterocycles. The zero-order valence-electron chi connectivity index (χ0n) is 9.68. The van der Waals surface area contributed by atoms with Crippen LogP contribution in [0.3, 0.4) is 0 Å². The Balaban J connectivity index is 2.25. The van der Waals surface area contributed by atoms with Crippen molar-refractivity contribution in [2.75, 3.05) is 0 Å². The van der Waals surface area contributed by atoms with Crippen LogP contribution in [0.25, 0.3) is 0 Å². The fourth-order valence-electron chi connectivity index (χ4n) is 1.48. The number of aliphatic imine (C=N–C) groups is 1. The molecule has 0 bridgehead atoms. The summed E-state index contributed by atoms with van der Waals surface area (Å²) in [5, 5.41) is 0.690. The lowest BCUT2D eigenvalue weighted by molar-refractivity contribution is 1.04. The molecule has 0 radical (unpaired) electrons. The van der Waals surface area contributed by atoms with Crippen LogP contribution in [-0.4, -0.2) is 16.2 Å². The minimum atomic E-state index is 0.475. The van der Waals surface area contributed by atoms with Gasteiger partial charge in [0.15, 0.2) is 0 Å². The molecular formula is C13H12ClN3.